The lowest BCUT2D eigenvalue weighted by molar-refractivity contribution is 0.0779. The SMILES string of the molecule is Cc1cnc(C(=O)N(C)Cc2ccsc2)cn1. The van der Waals surface area contributed by atoms with Crippen LogP contribution in [0.5, 0.6) is 0 Å². The highest BCUT2D eigenvalue weighted by Crippen LogP contribution is 2.10. The van der Waals surface area contributed by atoms with Gasteiger partial charge in [-0.1, -0.05) is 0 Å². The summed E-state index contributed by atoms with van der Waals surface area (Å²) in [6.07, 6.45) is 3.12. The zero-order valence-corrected chi connectivity index (χ0v) is 10.6. The molecule has 17 heavy (non-hydrogen) atoms. The molecule has 0 fully saturated rings. The van der Waals surface area contributed by atoms with Gasteiger partial charge in [-0.3, -0.25) is 9.78 Å². The van der Waals surface area contributed by atoms with E-state index in [2.05, 4.69) is 9.97 Å². The molecule has 2 aromatic heterocycles. The van der Waals surface area contributed by atoms with E-state index >= 15 is 0 Å². The topological polar surface area (TPSA) is 46.1 Å². The Morgan fingerprint density at radius 2 is 2.24 bits per heavy atom. The summed E-state index contributed by atoms with van der Waals surface area (Å²) >= 11 is 1.63. The Bertz CT molecular complexity index is 493. The van der Waals surface area contributed by atoms with Gasteiger partial charge in [0.25, 0.3) is 5.91 Å². The van der Waals surface area contributed by atoms with Crippen molar-refractivity contribution in [2.75, 3.05) is 7.05 Å². The Kier molecular flexibility index (Phi) is 3.49. The summed E-state index contributed by atoms with van der Waals surface area (Å²) in [6.45, 7) is 2.44. The number of hydrogen-bond acceptors (Lipinski definition) is 4. The molecule has 0 aliphatic carbocycles. The maximum atomic E-state index is 12.0. The molecular formula is C12H13N3OS. The predicted octanol–water partition coefficient (Wildman–Crippen LogP) is 2.12. The second-order valence-corrected chi connectivity index (χ2v) is 4.62. The number of nitrogens with zero attached hydrogens (tertiary/aromatic N) is 3. The predicted molar refractivity (Wildman–Crippen MR) is 66.9 cm³/mol. The molecule has 0 saturated carbocycles. The fourth-order valence-corrected chi connectivity index (χ4v) is 2.09. The van der Waals surface area contributed by atoms with Crippen LogP contribution in [0.3, 0.4) is 0 Å². The summed E-state index contributed by atoms with van der Waals surface area (Å²) in [4.78, 5) is 21.8. The summed E-state index contributed by atoms with van der Waals surface area (Å²) in [5.74, 6) is -0.108. The molecular weight excluding hydrogens is 234 g/mol. The Morgan fingerprint density at radius 1 is 1.41 bits per heavy atom. The van der Waals surface area contributed by atoms with E-state index in [9.17, 15) is 4.79 Å². The Hall–Kier alpha value is -1.75. The molecule has 0 bridgehead atoms. The smallest absolute Gasteiger partial charge is 0.274 e. The maximum absolute atomic E-state index is 12.0. The van der Waals surface area contributed by atoms with Crippen molar-refractivity contribution in [1.82, 2.24) is 14.9 Å². The number of carbonyl (C=O) groups excluding carboxylic acids is 1. The van der Waals surface area contributed by atoms with Crippen LogP contribution in [-0.2, 0) is 6.54 Å². The number of carbonyl (C=O) groups is 1. The van der Waals surface area contributed by atoms with Crippen LogP contribution in [0.1, 0.15) is 21.7 Å². The largest absolute Gasteiger partial charge is 0.336 e. The lowest BCUT2D eigenvalue weighted by Gasteiger charge is -2.15. The van der Waals surface area contributed by atoms with Crippen LogP contribution in [0.25, 0.3) is 0 Å². The Balaban J connectivity index is 2.07. The first kappa shape index (κ1) is 11.7. The van der Waals surface area contributed by atoms with Gasteiger partial charge < -0.3 is 4.90 Å². The van der Waals surface area contributed by atoms with E-state index in [0.717, 1.165) is 11.3 Å². The Morgan fingerprint density at radius 3 is 2.82 bits per heavy atom. The summed E-state index contributed by atoms with van der Waals surface area (Å²) in [6, 6.07) is 2.01. The van der Waals surface area contributed by atoms with E-state index in [1.807, 2.05) is 23.8 Å². The van der Waals surface area contributed by atoms with Crippen molar-refractivity contribution in [1.29, 1.82) is 0 Å². The normalized spacial score (nSPS) is 10.2. The number of rotatable bonds is 3. The molecule has 0 saturated heterocycles. The van der Waals surface area contributed by atoms with E-state index in [0.29, 0.717) is 12.2 Å². The van der Waals surface area contributed by atoms with Crippen LogP contribution in [0.2, 0.25) is 0 Å². The van der Waals surface area contributed by atoms with Gasteiger partial charge in [-0.05, 0) is 29.3 Å². The molecule has 0 aliphatic rings. The molecule has 0 atom stereocenters. The molecule has 0 aliphatic heterocycles. The average molecular weight is 247 g/mol. The quantitative estimate of drug-likeness (QED) is 0.834. The lowest BCUT2D eigenvalue weighted by atomic mass is 10.3. The second kappa shape index (κ2) is 5.05. The zero-order valence-electron chi connectivity index (χ0n) is 9.75. The van der Waals surface area contributed by atoms with Gasteiger partial charge in [-0.15, -0.1) is 0 Å². The van der Waals surface area contributed by atoms with Crippen molar-refractivity contribution in [3.63, 3.8) is 0 Å². The van der Waals surface area contributed by atoms with Gasteiger partial charge >= 0.3 is 0 Å². The fourth-order valence-electron chi connectivity index (χ4n) is 1.43. The standard InChI is InChI=1S/C12H13N3OS/c1-9-5-14-11(6-13-9)12(16)15(2)7-10-3-4-17-8-10/h3-6,8H,7H2,1-2H3. The number of aromatic nitrogens is 2. The summed E-state index contributed by atoms with van der Waals surface area (Å²) in [5, 5.41) is 4.03. The van der Waals surface area contributed by atoms with Gasteiger partial charge in [0, 0.05) is 19.8 Å². The van der Waals surface area contributed by atoms with Gasteiger partial charge in [0.1, 0.15) is 5.69 Å². The molecule has 1 amide bonds. The number of amides is 1. The van der Waals surface area contributed by atoms with Crippen LogP contribution in [0.4, 0.5) is 0 Å². The summed E-state index contributed by atoms with van der Waals surface area (Å²) in [7, 11) is 1.77. The van der Waals surface area contributed by atoms with Crippen molar-refractivity contribution in [3.05, 3.63) is 46.2 Å². The molecule has 0 unspecified atom stereocenters. The highest BCUT2D eigenvalue weighted by Gasteiger charge is 2.13. The van der Waals surface area contributed by atoms with Crippen LogP contribution in [0.15, 0.2) is 29.2 Å². The van der Waals surface area contributed by atoms with Crippen LogP contribution in [-0.4, -0.2) is 27.8 Å². The Labute approximate surface area is 104 Å². The molecule has 0 spiro atoms. The number of aryl methyl sites for hydroxylation is 1. The minimum Gasteiger partial charge on any atom is -0.336 e. The van der Waals surface area contributed by atoms with E-state index in [-0.39, 0.29) is 5.91 Å². The average Bonchev–Trinajstić information content (AvgIpc) is 2.82. The zero-order chi connectivity index (χ0) is 12.3. The van der Waals surface area contributed by atoms with Crippen molar-refractivity contribution >= 4 is 17.2 Å². The van der Waals surface area contributed by atoms with Gasteiger partial charge in [-0.25, -0.2) is 4.98 Å². The number of hydrogen-bond donors (Lipinski definition) is 0. The number of thiophene rings is 1. The molecule has 2 rings (SSSR count). The first-order valence-electron chi connectivity index (χ1n) is 5.22. The molecule has 0 N–H and O–H groups in total. The lowest BCUT2D eigenvalue weighted by Crippen LogP contribution is -2.27. The van der Waals surface area contributed by atoms with Crippen LogP contribution >= 0.6 is 11.3 Å². The summed E-state index contributed by atoms with van der Waals surface area (Å²) < 4.78 is 0. The minimum atomic E-state index is -0.108. The van der Waals surface area contributed by atoms with Crippen LogP contribution < -0.4 is 0 Å². The van der Waals surface area contributed by atoms with E-state index < -0.39 is 0 Å². The molecule has 0 radical (unpaired) electrons. The molecule has 88 valence electrons. The molecule has 2 aromatic rings. The van der Waals surface area contributed by atoms with Crippen molar-refractivity contribution in [3.8, 4) is 0 Å². The van der Waals surface area contributed by atoms with E-state index in [1.54, 1.807) is 29.5 Å². The third kappa shape index (κ3) is 2.88. The highest BCUT2D eigenvalue weighted by molar-refractivity contribution is 7.07. The van der Waals surface area contributed by atoms with Crippen molar-refractivity contribution < 1.29 is 4.79 Å². The first-order valence-corrected chi connectivity index (χ1v) is 6.16. The van der Waals surface area contributed by atoms with Gasteiger partial charge in [0.2, 0.25) is 0 Å². The minimum absolute atomic E-state index is 0.108. The van der Waals surface area contributed by atoms with Crippen molar-refractivity contribution in [2.45, 2.75) is 13.5 Å². The molecule has 5 heteroatoms. The molecule has 4 nitrogen and oxygen atoms in total. The van der Waals surface area contributed by atoms with Gasteiger partial charge in [-0.2, -0.15) is 11.3 Å². The first-order chi connectivity index (χ1) is 8.16. The van der Waals surface area contributed by atoms with Crippen molar-refractivity contribution in [2.24, 2.45) is 0 Å². The second-order valence-electron chi connectivity index (χ2n) is 3.84. The van der Waals surface area contributed by atoms with E-state index in [1.165, 1.54) is 6.20 Å². The summed E-state index contributed by atoms with van der Waals surface area (Å²) in [5.41, 5.74) is 2.32. The van der Waals surface area contributed by atoms with Gasteiger partial charge in [0.15, 0.2) is 0 Å². The van der Waals surface area contributed by atoms with E-state index in [4.69, 9.17) is 0 Å². The fraction of sp³-hybridized carbons (Fsp3) is 0.250. The van der Waals surface area contributed by atoms with Gasteiger partial charge in [0.05, 0.1) is 11.9 Å². The highest BCUT2D eigenvalue weighted by atomic mass is 32.1. The maximum Gasteiger partial charge on any atom is 0.274 e. The molecule has 2 heterocycles. The molecule has 0 aromatic carbocycles. The van der Waals surface area contributed by atoms with Crippen LogP contribution in [0, 0.1) is 6.92 Å². The third-order valence-corrected chi connectivity index (χ3v) is 3.08. The third-order valence-electron chi connectivity index (χ3n) is 2.35. The monoisotopic (exact) mass is 247 g/mol.